The Morgan fingerprint density at radius 1 is 0.969 bits per heavy atom. The first kappa shape index (κ1) is 20.0. The molecule has 1 amide bonds. The quantitative estimate of drug-likeness (QED) is 0.531. The van der Waals surface area contributed by atoms with Crippen molar-refractivity contribution in [2.45, 2.75) is 0 Å². The standard InChI is InChI=1S/C25H21N3O4/c29-21-16-22(17-5-3-6-18(15-17)28-11-13-31-14-12-28)32-24-19(21)7-4-8-20(24)25(30)27-23-9-1-2-10-26-23/h1-10,15-16H,11-14H2,(H,26,27,30). The van der Waals surface area contributed by atoms with Crippen LogP contribution in [-0.2, 0) is 4.74 Å². The van der Waals surface area contributed by atoms with Gasteiger partial charge in [-0.05, 0) is 36.4 Å². The van der Waals surface area contributed by atoms with E-state index in [0.717, 1.165) is 24.3 Å². The van der Waals surface area contributed by atoms with E-state index in [2.05, 4.69) is 15.2 Å². The Kier molecular flexibility index (Phi) is 5.39. The third-order valence-electron chi connectivity index (χ3n) is 5.41. The van der Waals surface area contributed by atoms with E-state index in [4.69, 9.17) is 9.15 Å². The molecule has 1 fully saturated rings. The van der Waals surface area contributed by atoms with Gasteiger partial charge in [-0.25, -0.2) is 4.98 Å². The molecule has 160 valence electrons. The molecule has 0 unspecified atom stereocenters. The number of hydrogen-bond acceptors (Lipinski definition) is 6. The van der Waals surface area contributed by atoms with Gasteiger partial charge in [-0.2, -0.15) is 0 Å². The molecule has 2 aromatic carbocycles. The van der Waals surface area contributed by atoms with Crippen molar-refractivity contribution in [3.63, 3.8) is 0 Å². The maximum absolute atomic E-state index is 12.9. The summed E-state index contributed by atoms with van der Waals surface area (Å²) in [5, 5.41) is 3.10. The second kappa shape index (κ2) is 8.64. The van der Waals surface area contributed by atoms with E-state index in [0.29, 0.717) is 30.2 Å². The number of morpholine rings is 1. The molecule has 5 rings (SSSR count). The molecule has 0 atom stereocenters. The van der Waals surface area contributed by atoms with Crippen molar-refractivity contribution in [2.75, 3.05) is 36.5 Å². The molecule has 0 saturated carbocycles. The number of nitrogens with one attached hydrogen (secondary N) is 1. The largest absolute Gasteiger partial charge is 0.455 e. The molecule has 0 bridgehead atoms. The lowest BCUT2D eigenvalue weighted by Crippen LogP contribution is -2.36. The summed E-state index contributed by atoms with van der Waals surface area (Å²) in [5.41, 5.74) is 2.13. The van der Waals surface area contributed by atoms with Gasteiger partial charge in [-0.3, -0.25) is 9.59 Å². The number of ether oxygens (including phenoxy) is 1. The molecule has 1 aliphatic rings. The van der Waals surface area contributed by atoms with Crippen LogP contribution in [0.2, 0.25) is 0 Å². The van der Waals surface area contributed by atoms with E-state index in [9.17, 15) is 9.59 Å². The molecule has 1 N–H and O–H groups in total. The van der Waals surface area contributed by atoms with Crippen molar-refractivity contribution in [1.82, 2.24) is 4.98 Å². The lowest BCUT2D eigenvalue weighted by Gasteiger charge is -2.29. The third kappa shape index (κ3) is 3.98. The highest BCUT2D eigenvalue weighted by Crippen LogP contribution is 2.28. The Bertz CT molecular complexity index is 1330. The predicted molar refractivity (Wildman–Crippen MR) is 123 cm³/mol. The van der Waals surface area contributed by atoms with Gasteiger partial charge in [0.25, 0.3) is 5.91 Å². The van der Waals surface area contributed by atoms with Crippen molar-refractivity contribution in [1.29, 1.82) is 0 Å². The van der Waals surface area contributed by atoms with Gasteiger partial charge in [0.05, 0.1) is 24.2 Å². The molecule has 4 aromatic rings. The number of amides is 1. The maximum Gasteiger partial charge on any atom is 0.260 e. The number of carbonyl (C=O) groups excluding carboxylic acids is 1. The SMILES string of the molecule is O=C(Nc1ccccn1)c1cccc2c(=O)cc(-c3cccc(N4CCOCC4)c3)oc12. The maximum atomic E-state index is 12.9. The molecule has 7 nitrogen and oxygen atoms in total. The Balaban J connectivity index is 1.55. The highest BCUT2D eigenvalue weighted by Gasteiger charge is 2.17. The third-order valence-corrected chi connectivity index (χ3v) is 5.41. The molecule has 7 heteroatoms. The molecule has 1 aliphatic heterocycles. The van der Waals surface area contributed by atoms with Crippen LogP contribution in [0.5, 0.6) is 0 Å². The molecular formula is C25H21N3O4. The number of fused-ring (bicyclic) bond motifs is 1. The number of rotatable bonds is 4. The fraction of sp³-hybridized carbons (Fsp3) is 0.160. The molecule has 0 radical (unpaired) electrons. The average Bonchev–Trinajstić information content (AvgIpc) is 2.85. The van der Waals surface area contributed by atoms with Gasteiger partial charge in [0.15, 0.2) is 11.0 Å². The predicted octanol–water partition coefficient (Wildman–Crippen LogP) is 3.94. The van der Waals surface area contributed by atoms with E-state index in [1.165, 1.54) is 6.07 Å². The Morgan fingerprint density at radius 2 is 1.81 bits per heavy atom. The fourth-order valence-electron chi connectivity index (χ4n) is 3.80. The van der Waals surface area contributed by atoms with Crippen molar-refractivity contribution >= 4 is 28.4 Å². The van der Waals surface area contributed by atoms with E-state index in [1.807, 2.05) is 24.3 Å². The van der Waals surface area contributed by atoms with Crippen molar-refractivity contribution < 1.29 is 13.9 Å². The first-order valence-corrected chi connectivity index (χ1v) is 10.4. The number of benzene rings is 2. The molecule has 0 spiro atoms. The van der Waals surface area contributed by atoms with Crippen LogP contribution in [0.3, 0.4) is 0 Å². The van der Waals surface area contributed by atoms with Gasteiger partial charge >= 0.3 is 0 Å². The number of pyridine rings is 1. The normalized spacial score (nSPS) is 13.8. The fourth-order valence-corrected chi connectivity index (χ4v) is 3.80. The summed E-state index contributed by atoms with van der Waals surface area (Å²) in [6.07, 6.45) is 1.60. The summed E-state index contributed by atoms with van der Waals surface area (Å²) in [7, 11) is 0. The Hall–Kier alpha value is -3.97. The van der Waals surface area contributed by atoms with Crippen LogP contribution in [0, 0.1) is 0 Å². The topological polar surface area (TPSA) is 84.7 Å². The number of aromatic nitrogens is 1. The summed E-state index contributed by atoms with van der Waals surface area (Å²) in [4.78, 5) is 32.1. The van der Waals surface area contributed by atoms with Crippen LogP contribution in [0.15, 0.2) is 82.1 Å². The molecular weight excluding hydrogens is 406 g/mol. The van der Waals surface area contributed by atoms with Crippen LogP contribution in [-0.4, -0.2) is 37.2 Å². The Labute approximate surface area is 184 Å². The van der Waals surface area contributed by atoms with E-state index < -0.39 is 5.91 Å². The van der Waals surface area contributed by atoms with Crippen LogP contribution in [0.4, 0.5) is 11.5 Å². The van der Waals surface area contributed by atoms with Crippen LogP contribution >= 0.6 is 0 Å². The smallest absolute Gasteiger partial charge is 0.260 e. The van der Waals surface area contributed by atoms with Gasteiger partial charge in [-0.15, -0.1) is 0 Å². The van der Waals surface area contributed by atoms with Gasteiger partial charge in [0.2, 0.25) is 0 Å². The molecule has 3 heterocycles. The van der Waals surface area contributed by atoms with Gasteiger partial charge in [-0.1, -0.05) is 24.3 Å². The molecule has 2 aromatic heterocycles. The monoisotopic (exact) mass is 427 g/mol. The first-order chi connectivity index (χ1) is 15.7. The number of nitrogens with zero attached hydrogens (tertiary/aromatic N) is 2. The number of para-hydroxylation sites is 1. The summed E-state index contributed by atoms with van der Waals surface area (Å²) in [6.45, 7) is 2.99. The average molecular weight is 427 g/mol. The highest BCUT2D eigenvalue weighted by molar-refractivity contribution is 6.11. The second-order valence-corrected chi connectivity index (χ2v) is 7.48. The lowest BCUT2D eigenvalue weighted by atomic mass is 10.1. The zero-order valence-corrected chi connectivity index (χ0v) is 17.3. The molecule has 32 heavy (non-hydrogen) atoms. The van der Waals surface area contributed by atoms with E-state index in [-0.39, 0.29) is 16.6 Å². The summed E-state index contributed by atoms with van der Waals surface area (Å²) < 4.78 is 11.6. The summed E-state index contributed by atoms with van der Waals surface area (Å²) in [6, 6.07) is 19.5. The van der Waals surface area contributed by atoms with E-state index in [1.54, 1.807) is 42.6 Å². The minimum Gasteiger partial charge on any atom is -0.455 e. The lowest BCUT2D eigenvalue weighted by molar-refractivity contribution is 0.102. The number of anilines is 2. The van der Waals surface area contributed by atoms with E-state index >= 15 is 0 Å². The van der Waals surface area contributed by atoms with Gasteiger partial charge < -0.3 is 19.4 Å². The van der Waals surface area contributed by atoms with Crippen molar-refractivity contribution in [2.24, 2.45) is 0 Å². The molecule has 1 saturated heterocycles. The first-order valence-electron chi connectivity index (χ1n) is 10.4. The van der Waals surface area contributed by atoms with Gasteiger partial charge in [0.1, 0.15) is 11.6 Å². The minimum atomic E-state index is -0.392. The highest BCUT2D eigenvalue weighted by atomic mass is 16.5. The zero-order valence-electron chi connectivity index (χ0n) is 17.3. The van der Waals surface area contributed by atoms with Crippen molar-refractivity contribution in [3.8, 4) is 11.3 Å². The number of carbonyl (C=O) groups is 1. The zero-order chi connectivity index (χ0) is 21.9. The van der Waals surface area contributed by atoms with Crippen LogP contribution in [0.25, 0.3) is 22.3 Å². The number of hydrogen-bond donors (Lipinski definition) is 1. The Morgan fingerprint density at radius 3 is 2.62 bits per heavy atom. The van der Waals surface area contributed by atoms with Crippen molar-refractivity contribution in [3.05, 3.63) is 88.7 Å². The minimum absolute atomic E-state index is 0.203. The summed E-state index contributed by atoms with van der Waals surface area (Å²) in [5.74, 6) is 0.443. The van der Waals surface area contributed by atoms with Gasteiger partial charge in [0, 0.05) is 36.6 Å². The second-order valence-electron chi connectivity index (χ2n) is 7.48. The summed E-state index contributed by atoms with van der Waals surface area (Å²) >= 11 is 0. The van der Waals surface area contributed by atoms with Crippen LogP contribution < -0.4 is 15.6 Å². The molecule has 0 aliphatic carbocycles. The van der Waals surface area contributed by atoms with Crippen LogP contribution in [0.1, 0.15) is 10.4 Å².